The largest absolute Gasteiger partial charge is 0.496 e. The molecule has 1 heterocycles. The standard InChI is InChI=1S/C36H48O7/c1-8-23-19-36-31(41-6)28(33(40)43-36)30(38)35(9-2)24(15-16-25-27(35)17-14-22(4)29(25)37)13-11-10-12-21(3)18-34(36,5)20-26(23)32(39)42-7/h10-11,15-16,18,20,22-25,27,29,37H,8-9,12-14,17,19H2,1-7H3/t22-,23-,24+,25-,27+,29-,34-,35+,36+/m0/s1. The maximum atomic E-state index is 15.2. The van der Waals surface area contributed by atoms with Gasteiger partial charge in [0.15, 0.2) is 17.1 Å². The molecule has 4 aliphatic carbocycles. The number of esters is 2. The van der Waals surface area contributed by atoms with Gasteiger partial charge in [0.25, 0.3) is 0 Å². The molecule has 2 bridgehead atoms. The van der Waals surface area contributed by atoms with Gasteiger partial charge in [-0.3, -0.25) is 4.79 Å². The van der Waals surface area contributed by atoms with Gasteiger partial charge in [-0.25, -0.2) is 9.59 Å². The van der Waals surface area contributed by atoms with Crippen LogP contribution in [-0.4, -0.2) is 48.8 Å². The number of aliphatic hydroxyl groups excluding tert-OH is 1. The number of carbonyl (C=O) groups excluding carboxylic acids is 3. The van der Waals surface area contributed by atoms with Gasteiger partial charge in [-0.2, -0.15) is 0 Å². The lowest BCUT2D eigenvalue weighted by Gasteiger charge is -2.53. The Kier molecular flexibility index (Phi) is 8.45. The van der Waals surface area contributed by atoms with Crippen molar-refractivity contribution in [2.45, 2.75) is 91.3 Å². The summed E-state index contributed by atoms with van der Waals surface area (Å²) in [6.45, 7) is 10.1. The molecule has 43 heavy (non-hydrogen) atoms. The fourth-order valence-electron chi connectivity index (χ4n) is 9.21. The minimum absolute atomic E-state index is 0.0122. The van der Waals surface area contributed by atoms with Crippen molar-refractivity contribution in [1.82, 2.24) is 0 Å². The molecule has 7 heteroatoms. The van der Waals surface area contributed by atoms with Gasteiger partial charge in [0.2, 0.25) is 0 Å². The van der Waals surface area contributed by atoms with Crippen LogP contribution >= 0.6 is 0 Å². The highest BCUT2D eigenvalue weighted by atomic mass is 16.6. The number of methoxy groups -OCH3 is 2. The quantitative estimate of drug-likeness (QED) is 0.236. The maximum Gasteiger partial charge on any atom is 0.346 e. The van der Waals surface area contributed by atoms with Gasteiger partial charge in [-0.15, -0.1) is 0 Å². The van der Waals surface area contributed by atoms with Crippen LogP contribution in [0.3, 0.4) is 0 Å². The van der Waals surface area contributed by atoms with E-state index >= 15 is 4.79 Å². The van der Waals surface area contributed by atoms with Gasteiger partial charge >= 0.3 is 11.9 Å². The van der Waals surface area contributed by atoms with Gasteiger partial charge in [0, 0.05) is 23.3 Å². The third-order valence-corrected chi connectivity index (χ3v) is 11.5. The average Bonchev–Trinajstić information content (AvgIpc) is 3.28. The molecule has 234 valence electrons. The molecule has 0 aromatic heterocycles. The van der Waals surface area contributed by atoms with E-state index in [2.05, 4.69) is 37.3 Å². The number of aliphatic hydroxyl groups is 1. The molecule has 1 N–H and O–H groups in total. The summed E-state index contributed by atoms with van der Waals surface area (Å²) in [7, 11) is 2.89. The maximum absolute atomic E-state index is 15.2. The Morgan fingerprint density at radius 2 is 1.86 bits per heavy atom. The van der Waals surface area contributed by atoms with Crippen LogP contribution in [0.5, 0.6) is 0 Å². The van der Waals surface area contributed by atoms with Crippen LogP contribution in [0.2, 0.25) is 0 Å². The Bertz CT molecular complexity index is 1330. The Balaban J connectivity index is 1.79. The van der Waals surface area contributed by atoms with Crippen LogP contribution in [0.4, 0.5) is 0 Å². The molecule has 1 fully saturated rings. The molecule has 1 saturated carbocycles. The van der Waals surface area contributed by atoms with E-state index in [4.69, 9.17) is 14.2 Å². The first-order chi connectivity index (χ1) is 20.4. The molecule has 1 spiro atoms. The summed E-state index contributed by atoms with van der Waals surface area (Å²) in [5, 5.41) is 11.3. The van der Waals surface area contributed by atoms with Crippen LogP contribution in [0.1, 0.15) is 79.6 Å². The Hall–Kier alpha value is -2.93. The van der Waals surface area contributed by atoms with Crippen molar-refractivity contribution in [3.05, 3.63) is 58.9 Å². The fraction of sp³-hybridized carbons (Fsp3) is 0.639. The van der Waals surface area contributed by atoms with Crippen molar-refractivity contribution in [1.29, 1.82) is 0 Å². The summed E-state index contributed by atoms with van der Waals surface area (Å²) >= 11 is 0. The topological polar surface area (TPSA) is 99.1 Å². The predicted molar refractivity (Wildman–Crippen MR) is 163 cm³/mol. The SMILES string of the molecule is CC[C@H]1C[C@@]23OC(=O)C(=C2OC)C(=O)[C@@]2(CC)[C@@H]4CC[C@H](C)[C@H](O)[C@H]4C=C[C@H]2CC=CCC(C)=C[C@@]3(C)C=C1C(=O)OC. The predicted octanol–water partition coefficient (Wildman–Crippen LogP) is 6.19. The monoisotopic (exact) mass is 592 g/mol. The summed E-state index contributed by atoms with van der Waals surface area (Å²) in [5.74, 6) is -1.62. The smallest absolute Gasteiger partial charge is 0.346 e. The molecule has 0 radical (unpaired) electrons. The normalized spacial score (nSPS) is 40.9. The second-order valence-corrected chi connectivity index (χ2v) is 13.7. The molecular formula is C36H48O7. The molecule has 0 aromatic rings. The lowest BCUT2D eigenvalue weighted by Crippen LogP contribution is -2.54. The molecule has 0 unspecified atom stereocenters. The first kappa shape index (κ1) is 31.5. The van der Waals surface area contributed by atoms with E-state index in [-0.39, 0.29) is 53.1 Å². The van der Waals surface area contributed by atoms with Crippen LogP contribution in [0.15, 0.2) is 58.9 Å². The summed E-state index contributed by atoms with van der Waals surface area (Å²) in [6, 6.07) is 0. The third kappa shape index (κ3) is 4.60. The summed E-state index contributed by atoms with van der Waals surface area (Å²) in [5.41, 5.74) is -1.62. The zero-order valence-corrected chi connectivity index (χ0v) is 26.8. The third-order valence-electron chi connectivity index (χ3n) is 11.5. The molecule has 0 aromatic carbocycles. The van der Waals surface area contributed by atoms with Crippen molar-refractivity contribution < 1.29 is 33.7 Å². The van der Waals surface area contributed by atoms with Crippen molar-refractivity contribution in [3.8, 4) is 0 Å². The highest BCUT2D eigenvalue weighted by Crippen LogP contribution is 2.61. The van der Waals surface area contributed by atoms with Gasteiger partial charge in [0.1, 0.15) is 5.57 Å². The van der Waals surface area contributed by atoms with E-state index in [1.165, 1.54) is 14.2 Å². The number of carbonyl (C=O) groups is 3. The van der Waals surface area contributed by atoms with Crippen molar-refractivity contribution in [3.63, 3.8) is 0 Å². The number of rotatable bonds is 4. The number of Topliss-reactive ketones (excluding diaryl/α,β-unsaturated/α-hetero) is 1. The molecule has 0 amide bonds. The van der Waals surface area contributed by atoms with Crippen molar-refractivity contribution in [2.24, 2.45) is 40.4 Å². The highest BCUT2D eigenvalue weighted by molar-refractivity contribution is 6.21. The van der Waals surface area contributed by atoms with E-state index in [0.29, 0.717) is 31.3 Å². The fourth-order valence-corrected chi connectivity index (χ4v) is 9.21. The summed E-state index contributed by atoms with van der Waals surface area (Å²) < 4.78 is 17.7. The molecule has 7 nitrogen and oxygen atoms in total. The number of ketones is 1. The minimum Gasteiger partial charge on any atom is -0.496 e. The summed E-state index contributed by atoms with van der Waals surface area (Å²) in [6.07, 6.45) is 16.3. The lowest BCUT2D eigenvalue weighted by molar-refractivity contribution is -0.160. The first-order valence-electron chi connectivity index (χ1n) is 16.0. The molecule has 5 aliphatic rings. The second-order valence-electron chi connectivity index (χ2n) is 13.7. The number of hydrogen-bond acceptors (Lipinski definition) is 7. The van der Waals surface area contributed by atoms with Crippen LogP contribution in [0, 0.1) is 40.4 Å². The molecule has 9 atom stereocenters. The number of ether oxygens (including phenoxy) is 3. The molecule has 5 rings (SSSR count). The number of fused-ring (bicyclic) bond motifs is 3. The molecule has 1 aliphatic heterocycles. The Morgan fingerprint density at radius 1 is 1.12 bits per heavy atom. The Labute approximate surface area is 256 Å². The van der Waals surface area contributed by atoms with Crippen LogP contribution < -0.4 is 0 Å². The Morgan fingerprint density at radius 3 is 2.51 bits per heavy atom. The zero-order chi connectivity index (χ0) is 31.3. The van der Waals surface area contributed by atoms with E-state index < -0.39 is 34.5 Å². The first-order valence-corrected chi connectivity index (χ1v) is 16.0. The van der Waals surface area contributed by atoms with Crippen molar-refractivity contribution >= 4 is 17.7 Å². The average molecular weight is 593 g/mol. The summed E-state index contributed by atoms with van der Waals surface area (Å²) in [4.78, 5) is 42.4. The molecule has 0 saturated heterocycles. The van der Waals surface area contributed by atoms with Crippen molar-refractivity contribution in [2.75, 3.05) is 14.2 Å². The van der Waals surface area contributed by atoms with Gasteiger partial charge < -0.3 is 19.3 Å². The highest BCUT2D eigenvalue weighted by Gasteiger charge is 2.66. The van der Waals surface area contributed by atoms with Gasteiger partial charge in [-0.1, -0.05) is 62.8 Å². The van der Waals surface area contributed by atoms with Crippen LogP contribution in [-0.2, 0) is 28.6 Å². The lowest BCUT2D eigenvalue weighted by atomic mass is 9.50. The minimum atomic E-state index is -1.31. The number of hydrogen-bond donors (Lipinski definition) is 1. The van der Waals surface area contributed by atoms with Gasteiger partial charge in [-0.05, 0) is 76.0 Å². The van der Waals surface area contributed by atoms with Gasteiger partial charge in [0.05, 0.1) is 25.7 Å². The van der Waals surface area contributed by atoms with E-state index in [9.17, 15) is 14.7 Å². The number of allylic oxidation sites excluding steroid dienone is 4. The second kappa shape index (κ2) is 11.5. The van der Waals surface area contributed by atoms with Crippen LogP contribution in [0.25, 0.3) is 0 Å². The molecular weight excluding hydrogens is 544 g/mol. The van der Waals surface area contributed by atoms with E-state index in [1.54, 1.807) is 0 Å². The van der Waals surface area contributed by atoms with E-state index in [0.717, 1.165) is 18.4 Å². The van der Waals surface area contributed by atoms with E-state index in [1.807, 2.05) is 33.8 Å². The zero-order valence-electron chi connectivity index (χ0n) is 26.8.